The van der Waals surface area contributed by atoms with Crippen LogP contribution in [0.1, 0.15) is 20.8 Å². The first-order chi connectivity index (χ1) is 5.46. The number of aliphatic imine (C=N–C) groups is 1. The van der Waals surface area contributed by atoms with E-state index in [1.165, 1.54) is 0 Å². The predicted octanol–water partition coefficient (Wildman–Crippen LogP) is 1.03. The maximum atomic E-state index is 11.0. The Kier molecular flexibility index (Phi) is 2.46. The molecule has 1 rings (SSSR count). The highest BCUT2D eigenvalue weighted by atomic mass is 32.2. The van der Waals surface area contributed by atoms with Crippen molar-refractivity contribution >= 4 is 22.7 Å². The zero-order valence-corrected chi connectivity index (χ0v) is 8.44. The summed E-state index contributed by atoms with van der Waals surface area (Å²) in [6, 6.07) is 0. The second kappa shape index (κ2) is 3.09. The molecule has 68 valence electrons. The Morgan fingerprint density at radius 1 is 1.75 bits per heavy atom. The second-order valence-electron chi connectivity index (χ2n) is 3.53. The van der Waals surface area contributed by atoms with Gasteiger partial charge in [-0.2, -0.15) is 0 Å². The van der Waals surface area contributed by atoms with E-state index in [0.29, 0.717) is 11.7 Å². The predicted molar refractivity (Wildman–Crippen MR) is 52.3 cm³/mol. The third-order valence-corrected chi connectivity index (χ3v) is 3.45. The molecule has 0 saturated heterocycles. The maximum Gasteiger partial charge on any atom is 0.245 e. The van der Waals surface area contributed by atoms with E-state index in [2.05, 4.69) is 18.8 Å². The van der Waals surface area contributed by atoms with Crippen molar-refractivity contribution in [3.8, 4) is 0 Å². The third-order valence-electron chi connectivity index (χ3n) is 1.88. The van der Waals surface area contributed by atoms with Crippen molar-refractivity contribution in [2.24, 2.45) is 16.6 Å². The molecule has 0 aromatic carbocycles. The van der Waals surface area contributed by atoms with Crippen LogP contribution in [0.2, 0.25) is 0 Å². The van der Waals surface area contributed by atoms with Crippen molar-refractivity contribution < 1.29 is 4.79 Å². The van der Waals surface area contributed by atoms with E-state index in [1.54, 1.807) is 18.7 Å². The van der Waals surface area contributed by atoms with Crippen molar-refractivity contribution in [2.75, 3.05) is 5.75 Å². The van der Waals surface area contributed by atoms with Gasteiger partial charge in [0.15, 0.2) is 0 Å². The molecular formula is C8H14N2OS. The first-order valence-corrected chi connectivity index (χ1v) is 4.97. The van der Waals surface area contributed by atoms with Gasteiger partial charge < -0.3 is 5.73 Å². The summed E-state index contributed by atoms with van der Waals surface area (Å²) in [6.07, 6.45) is 0. The standard InChI is InChI=1S/C8H14N2OS/c1-5(2)6-10-8(3,4-12-6)7(9)11/h5H,4H2,1-3H3,(H2,9,11). The van der Waals surface area contributed by atoms with E-state index < -0.39 is 5.54 Å². The number of carbonyl (C=O) groups is 1. The molecule has 0 radical (unpaired) electrons. The molecule has 12 heavy (non-hydrogen) atoms. The smallest absolute Gasteiger partial charge is 0.245 e. The van der Waals surface area contributed by atoms with Crippen molar-refractivity contribution in [1.29, 1.82) is 0 Å². The van der Waals surface area contributed by atoms with Gasteiger partial charge in [0.05, 0.1) is 5.04 Å². The molecule has 2 N–H and O–H groups in total. The highest BCUT2D eigenvalue weighted by molar-refractivity contribution is 8.14. The monoisotopic (exact) mass is 186 g/mol. The summed E-state index contributed by atoms with van der Waals surface area (Å²) in [7, 11) is 0. The average molecular weight is 186 g/mol. The molecule has 1 unspecified atom stereocenters. The lowest BCUT2D eigenvalue weighted by atomic mass is 10.1. The number of hydrogen-bond acceptors (Lipinski definition) is 3. The largest absolute Gasteiger partial charge is 0.368 e. The number of amides is 1. The summed E-state index contributed by atoms with van der Waals surface area (Å²) in [5.41, 5.74) is 4.57. The molecule has 0 bridgehead atoms. The van der Waals surface area contributed by atoms with Gasteiger partial charge in [-0.25, -0.2) is 0 Å². The van der Waals surface area contributed by atoms with Crippen molar-refractivity contribution in [1.82, 2.24) is 0 Å². The Labute approximate surface area is 76.8 Å². The fourth-order valence-corrected chi connectivity index (χ4v) is 2.18. The fourth-order valence-electron chi connectivity index (χ4n) is 0.944. The molecule has 1 amide bonds. The van der Waals surface area contributed by atoms with Crippen LogP contribution in [0.4, 0.5) is 0 Å². The zero-order valence-electron chi connectivity index (χ0n) is 7.63. The lowest BCUT2D eigenvalue weighted by Gasteiger charge is -2.13. The van der Waals surface area contributed by atoms with Crippen LogP contribution in [0, 0.1) is 5.92 Å². The summed E-state index contributed by atoms with van der Waals surface area (Å²) in [4.78, 5) is 15.3. The van der Waals surface area contributed by atoms with Crippen LogP contribution in [0.25, 0.3) is 0 Å². The molecule has 3 nitrogen and oxygen atoms in total. The summed E-state index contributed by atoms with van der Waals surface area (Å²) in [5.74, 6) is 0.761. The van der Waals surface area contributed by atoms with Gasteiger partial charge in [-0.3, -0.25) is 9.79 Å². The van der Waals surface area contributed by atoms with Crippen LogP contribution >= 0.6 is 11.8 Å². The van der Waals surface area contributed by atoms with E-state index in [-0.39, 0.29) is 5.91 Å². The van der Waals surface area contributed by atoms with Gasteiger partial charge in [0.25, 0.3) is 0 Å². The maximum absolute atomic E-state index is 11.0. The number of carbonyl (C=O) groups excluding carboxylic acids is 1. The molecule has 0 spiro atoms. The minimum Gasteiger partial charge on any atom is -0.368 e. The van der Waals surface area contributed by atoms with E-state index in [9.17, 15) is 4.79 Å². The van der Waals surface area contributed by atoms with Gasteiger partial charge in [0.2, 0.25) is 5.91 Å². The van der Waals surface area contributed by atoms with Crippen LogP contribution in [0.15, 0.2) is 4.99 Å². The Balaban J connectivity index is 2.82. The Bertz CT molecular complexity index is 237. The van der Waals surface area contributed by atoms with Gasteiger partial charge in [0, 0.05) is 11.7 Å². The van der Waals surface area contributed by atoms with Crippen LogP contribution in [-0.4, -0.2) is 22.2 Å². The molecule has 0 aromatic heterocycles. The lowest BCUT2D eigenvalue weighted by Crippen LogP contribution is -2.39. The van der Waals surface area contributed by atoms with Gasteiger partial charge in [-0.15, -0.1) is 11.8 Å². The van der Waals surface area contributed by atoms with E-state index >= 15 is 0 Å². The molecule has 1 aliphatic rings. The molecule has 0 aromatic rings. The van der Waals surface area contributed by atoms with E-state index in [1.807, 2.05) is 0 Å². The van der Waals surface area contributed by atoms with Crippen molar-refractivity contribution in [2.45, 2.75) is 26.3 Å². The molecule has 4 heteroatoms. The molecular weight excluding hydrogens is 172 g/mol. The first-order valence-electron chi connectivity index (χ1n) is 3.98. The number of primary amides is 1. The molecule has 0 saturated carbocycles. The van der Waals surface area contributed by atoms with Crippen LogP contribution in [0.3, 0.4) is 0 Å². The first kappa shape index (κ1) is 9.58. The topological polar surface area (TPSA) is 55.4 Å². The summed E-state index contributed by atoms with van der Waals surface area (Å²) < 4.78 is 0. The summed E-state index contributed by atoms with van der Waals surface area (Å²) in [5, 5.41) is 1.04. The minimum absolute atomic E-state index is 0.328. The number of nitrogens with zero attached hydrogens (tertiary/aromatic N) is 1. The third kappa shape index (κ3) is 1.63. The zero-order chi connectivity index (χ0) is 9.35. The molecule has 0 aliphatic carbocycles. The normalized spacial score (nSPS) is 29.2. The average Bonchev–Trinajstić information content (AvgIpc) is 2.33. The van der Waals surface area contributed by atoms with Crippen molar-refractivity contribution in [3.63, 3.8) is 0 Å². The molecule has 1 heterocycles. The van der Waals surface area contributed by atoms with E-state index in [4.69, 9.17) is 5.73 Å². The fraction of sp³-hybridized carbons (Fsp3) is 0.750. The van der Waals surface area contributed by atoms with Crippen LogP contribution in [0.5, 0.6) is 0 Å². The highest BCUT2D eigenvalue weighted by Crippen LogP contribution is 2.30. The van der Waals surface area contributed by atoms with Crippen LogP contribution < -0.4 is 5.73 Å². The second-order valence-corrected chi connectivity index (χ2v) is 4.53. The molecule has 1 aliphatic heterocycles. The van der Waals surface area contributed by atoms with Gasteiger partial charge in [0.1, 0.15) is 5.54 Å². The quantitative estimate of drug-likeness (QED) is 0.700. The summed E-state index contributed by atoms with van der Waals surface area (Å²) >= 11 is 1.63. The number of hydrogen-bond donors (Lipinski definition) is 1. The van der Waals surface area contributed by atoms with Gasteiger partial charge in [-0.05, 0) is 6.92 Å². The lowest BCUT2D eigenvalue weighted by molar-refractivity contribution is -0.121. The Hall–Kier alpha value is -0.510. The number of nitrogens with two attached hydrogens (primary N) is 1. The highest BCUT2D eigenvalue weighted by Gasteiger charge is 2.36. The summed E-state index contributed by atoms with van der Waals surface area (Å²) in [6.45, 7) is 5.93. The van der Waals surface area contributed by atoms with Gasteiger partial charge >= 0.3 is 0 Å². The molecule has 1 atom stereocenters. The van der Waals surface area contributed by atoms with Crippen LogP contribution in [-0.2, 0) is 4.79 Å². The molecule has 0 fully saturated rings. The van der Waals surface area contributed by atoms with Crippen molar-refractivity contribution in [3.05, 3.63) is 0 Å². The van der Waals surface area contributed by atoms with E-state index in [0.717, 1.165) is 5.04 Å². The Morgan fingerprint density at radius 2 is 2.33 bits per heavy atom. The number of rotatable bonds is 2. The Morgan fingerprint density at radius 3 is 2.58 bits per heavy atom. The van der Waals surface area contributed by atoms with Gasteiger partial charge in [-0.1, -0.05) is 13.8 Å². The minimum atomic E-state index is -0.662. The number of thioether (sulfide) groups is 1. The SMILES string of the molecule is CC(C)C1=NC(C)(C(N)=O)CS1.